The van der Waals surface area contributed by atoms with E-state index in [0.717, 1.165) is 0 Å². The van der Waals surface area contributed by atoms with Crippen molar-refractivity contribution in [1.29, 1.82) is 0 Å². The smallest absolute Gasteiger partial charge is 0.343 e. The van der Waals surface area contributed by atoms with Gasteiger partial charge < -0.3 is 14.2 Å². The van der Waals surface area contributed by atoms with Crippen molar-refractivity contribution in [2.75, 3.05) is 6.79 Å². The minimum Gasteiger partial charge on any atom is -0.454 e. The molecule has 0 amide bonds. The minimum absolute atomic E-state index is 0.163. The highest BCUT2D eigenvalue weighted by atomic mass is 35.5. The van der Waals surface area contributed by atoms with Crippen molar-refractivity contribution in [3.63, 3.8) is 0 Å². The van der Waals surface area contributed by atoms with E-state index in [1.54, 1.807) is 24.3 Å². The zero-order chi connectivity index (χ0) is 14.1. The lowest BCUT2D eigenvalue weighted by molar-refractivity contribution is 0.0734. The molecule has 1 aliphatic rings. The van der Waals surface area contributed by atoms with Crippen molar-refractivity contribution in [3.8, 4) is 17.2 Å². The Morgan fingerprint density at radius 1 is 1.00 bits per heavy atom. The van der Waals surface area contributed by atoms with Crippen LogP contribution in [0.4, 0.5) is 0 Å². The molecule has 2 aromatic rings. The number of hydrogen-bond donors (Lipinski definition) is 0. The van der Waals surface area contributed by atoms with Crippen molar-refractivity contribution in [2.45, 2.75) is 0 Å². The topological polar surface area (TPSA) is 44.8 Å². The van der Waals surface area contributed by atoms with Gasteiger partial charge in [-0.15, -0.1) is 0 Å². The van der Waals surface area contributed by atoms with Gasteiger partial charge in [0.2, 0.25) is 6.79 Å². The molecule has 1 heterocycles. The molecule has 0 unspecified atom stereocenters. The van der Waals surface area contributed by atoms with E-state index in [1.807, 2.05) is 0 Å². The summed E-state index contributed by atoms with van der Waals surface area (Å²) in [6.07, 6.45) is 0. The van der Waals surface area contributed by atoms with Gasteiger partial charge in [0.1, 0.15) is 5.75 Å². The number of fused-ring (bicyclic) bond motifs is 1. The maximum absolute atomic E-state index is 12.0. The van der Waals surface area contributed by atoms with E-state index in [4.69, 9.17) is 37.4 Å². The SMILES string of the molecule is O=C(Oc1ccc2c(c1)OCO2)c1cc(Cl)cc(Cl)c1. The molecule has 0 N–H and O–H groups in total. The van der Waals surface area contributed by atoms with Gasteiger partial charge in [-0.3, -0.25) is 0 Å². The van der Waals surface area contributed by atoms with Gasteiger partial charge in [0.15, 0.2) is 11.5 Å². The van der Waals surface area contributed by atoms with Crippen LogP contribution in [0.3, 0.4) is 0 Å². The Balaban J connectivity index is 1.82. The van der Waals surface area contributed by atoms with Gasteiger partial charge in [0, 0.05) is 16.1 Å². The van der Waals surface area contributed by atoms with Gasteiger partial charge in [-0.2, -0.15) is 0 Å². The fourth-order valence-corrected chi connectivity index (χ4v) is 2.30. The second kappa shape index (κ2) is 5.23. The number of carbonyl (C=O) groups excluding carboxylic acids is 1. The molecule has 0 aromatic heterocycles. The molecule has 0 spiro atoms. The number of ether oxygens (including phenoxy) is 3. The molecule has 0 atom stereocenters. The Bertz CT molecular complexity index is 665. The highest BCUT2D eigenvalue weighted by Crippen LogP contribution is 2.35. The highest BCUT2D eigenvalue weighted by Gasteiger charge is 2.16. The summed E-state index contributed by atoms with van der Waals surface area (Å²) in [5.74, 6) is 0.971. The third-order valence-corrected chi connectivity index (χ3v) is 3.09. The summed E-state index contributed by atoms with van der Waals surface area (Å²) in [7, 11) is 0. The maximum atomic E-state index is 12.0. The Hall–Kier alpha value is -1.91. The van der Waals surface area contributed by atoms with Crippen LogP contribution in [0.2, 0.25) is 10.0 Å². The van der Waals surface area contributed by atoms with Crippen LogP contribution >= 0.6 is 23.2 Å². The Morgan fingerprint density at radius 3 is 2.45 bits per heavy atom. The van der Waals surface area contributed by atoms with E-state index in [2.05, 4.69) is 0 Å². The Kier molecular flexibility index (Phi) is 3.42. The van der Waals surface area contributed by atoms with Crippen LogP contribution in [0, 0.1) is 0 Å². The average Bonchev–Trinajstić information content (AvgIpc) is 2.85. The highest BCUT2D eigenvalue weighted by molar-refractivity contribution is 6.35. The average molecular weight is 311 g/mol. The van der Waals surface area contributed by atoms with Crippen LogP contribution in [0.1, 0.15) is 10.4 Å². The van der Waals surface area contributed by atoms with Gasteiger partial charge in [-0.25, -0.2) is 4.79 Å². The molecule has 102 valence electrons. The summed E-state index contributed by atoms with van der Waals surface area (Å²) in [6, 6.07) is 9.41. The molecule has 4 nitrogen and oxygen atoms in total. The molecule has 0 radical (unpaired) electrons. The molecule has 2 aromatic carbocycles. The van der Waals surface area contributed by atoms with Crippen molar-refractivity contribution in [2.24, 2.45) is 0 Å². The van der Waals surface area contributed by atoms with Crippen LogP contribution in [0.15, 0.2) is 36.4 Å². The maximum Gasteiger partial charge on any atom is 0.343 e. The monoisotopic (exact) mass is 310 g/mol. The molecule has 6 heteroatoms. The van der Waals surface area contributed by atoms with E-state index in [9.17, 15) is 4.79 Å². The number of benzene rings is 2. The van der Waals surface area contributed by atoms with Crippen LogP contribution in [0.5, 0.6) is 17.2 Å². The number of rotatable bonds is 2. The summed E-state index contributed by atoms with van der Waals surface area (Å²) in [4.78, 5) is 12.0. The fraction of sp³-hybridized carbons (Fsp3) is 0.0714. The van der Waals surface area contributed by atoms with Crippen molar-refractivity contribution < 1.29 is 19.0 Å². The summed E-state index contributed by atoms with van der Waals surface area (Å²) >= 11 is 11.7. The van der Waals surface area contributed by atoms with E-state index in [1.165, 1.54) is 12.1 Å². The van der Waals surface area contributed by atoms with Gasteiger partial charge in [0.05, 0.1) is 5.56 Å². The van der Waals surface area contributed by atoms with E-state index in [-0.39, 0.29) is 12.4 Å². The summed E-state index contributed by atoms with van der Waals surface area (Å²) in [6.45, 7) is 0.163. The molecule has 20 heavy (non-hydrogen) atoms. The molecule has 0 aliphatic carbocycles. The van der Waals surface area contributed by atoms with Crippen LogP contribution in [-0.4, -0.2) is 12.8 Å². The standard InChI is InChI=1S/C14H8Cl2O4/c15-9-3-8(4-10(16)5-9)14(17)20-11-1-2-12-13(6-11)19-7-18-12/h1-6H,7H2. The molecule has 0 bridgehead atoms. The summed E-state index contributed by atoms with van der Waals surface area (Å²) in [5.41, 5.74) is 0.278. The third kappa shape index (κ3) is 2.66. The zero-order valence-electron chi connectivity index (χ0n) is 10.1. The molecule has 0 saturated carbocycles. The first kappa shape index (κ1) is 13.1. The lowest BCUT2D eigenvalue weighted by Crippen LogP contribution is -2.08. The van der Waals surface area contributed by atoms with E-state index < -0.39 is 5.97 Å². The van der Waals surface area contributed by atoms with Gasteiger partial charge in [-0.1, -0.05) is 23.2 Å². The van der Waals surface area contributed by atoms with E-state index in [0.29, 0.717) is 27.3 Å². The van der Waals surface area contributed by atoms with Gasteiger partial charge >= 0.3 is 5.97 Å². The predicted octanol–water partition coefficient (Wildman–Crippen LogP) is 3.94. The largest absolute Gasteiger partial charge is 0.454 e. The first-order valence-corrected chi connectivity index (χ1v) is 6.45. The Labute approximate surface area is 124 Å². The molecule has 3 rings (SSSR count). The quantitative estimate of drug-likeness (QED) is 0.622. The van der Waals surface area contributed by atoms with Crippen molar-refractivity contribution in [3.05, 3.63) is 52.0 Å². The predicted molar refractivity (Wildman–Crippen MR) is 74.0 cm³/mol. The number of carbonyl (C=O) groups is 1. The number of halogens is 2. The second-order valence-electron chi connectivity index (χ2n) is 4.06. The summed E-state index contributed by atoms with van der Waals surface area (Å²) < 4.78 is 15.6. The molecular formula is C14H8Cl2O4. The van der Waals surface area contributed by atoms with Crippen LogP contribution in [-0.2, 0) is 0 Å². The van der Waals surface area contributed by atoms with Crippen molar-refractivity contribution >= 4 is 29.2 Å². The molecule has 0 fully saturated rings. The minimum atomic E-state index is -0.548. The molecule has 1 aliphatic heterocycles. The van der Waals surface area contributed by atoms with Crippen LogP contribution < -0.4 is 14.2 Å². The number of hydrogen-bond acceptors (Lipinski definition) is 4. The second-order valence-corrected chi connectivity index (χ2v) is 4.94. The van der Waals surface area contributed by atoms with Gasteiger partial charge in [0.25, 0.3) is 0 Å². The first-order chi connectivity index (χ1) is 9.61. The summed E-state index contributed by atoms with van der Waals surface area (Å²) in [5, 5.41) is 0.741. The zero-order valence-corrected chi connectivity index (χ0v) is 11.6. The fourth-order valence-electron chi connectivity index (χ4n) is 1.78. The van der Waals surface area contributed by atoms with Crippen molar-refractivity contribution in [1.82, 2.24) is 0 Å². The molecule has 0 saturated heterocycles. The number of esters is 1. The normalized spacial score (nSPS) is 12.3. The lowest BCUT2D eigenvalue weighted by Gasteiger charge is -2.06. The third-order valence-electron chi connectivity index (χ3n) is 2.65. The first-order valence-electron chi connectivity index (χ1n) is 5.70. The van der Waals surface area contributed by atoms with Gasteiger partial charge in [-0.05, 0) is 30.3 Å². The molecular weight excluding hydrogens is 303 g/mol. The lowest BCUT2D eigenvalue weighted by atomic mass is 10.2. The van der Waals surface area contributed by atoms with E-state index >= 15 is 0 Å². The Morgan fingerprint density at radius 2 is 1.70 bits per heavy atom. The van der Waals surface area contributed by atoms with Crippen LogP contribution in [0.25, 0.3) is 0 Å².